The molecule has 2 radical (unpaired) electrons. The summed E-state index contributed by atoms with van der Waals surface area (Å²) in [5, 5.41) is 0. The molecule has 15 heavy (non-hydrogen) atoms. The molecule has 1 aromatic rings. The van der Waals surface area contributed by atoms with Crippen molar-refractivity contribution < 1.29 is 9.53 Å². The third-order valence-corrected chi connectivity index (χ3v) is 1.96. The lowest BCUT2D eigenvalue weighted by molar-refractivity contribution is -0.134. The van der Waals surface area contributed by atoms with E-state index in [0.29, 0.717) is 12.2 Å². The van der Waals surface area contributed by atoms with Crippen LogP contribution in [0.4, 0.5) is 0 Å². The average Bonchev–Trinajstić information content (AvgIpc) is 2.20. The van der Waals surface area contributed by atoms with Gasteiger partial charge in [0.25, 0.3) is 0 Å². The molecule has 0 saturated heterocycles. The van der Waals surface area contributed by atoms with E-state index in [4.69, 9.17) is 4.74 Å². The second-order valence-corrected chi connectivity index (χ2v) is 3.24. The van der Waals surface area contributed by atoms with Crippen LogP contribution >= 0.6 is 0 Å². The van der Waals surface area contributed by atoms with E-state index >= 15 is 0 Å². The standard InChI is InChI=1S/C12H16O2.Mg/c1-2-3-5-10-12(13)14-11-8-6-4-7-9-11;/h4,6-9H,2-3,5,10H2,1H3;. The van der Waals surface area contributed by atoms with Gasteiger partial charge in [-0.05, 0) is 18.6 Å². The van der Waals surface area contributed by atoms with Gasteiger partial charge in [-0.1, -0.05) is 38.0 Å². The maximum Gasteiger partial charge on any atom is 0.311 e. The molecule has 0 unspecified atom stereocenters. The molecule has 0 heterocycles. The second kappa shape index (κ2) is 8.74. The summed E-state index contributed by atoms with van der Waals surface area (Å²) in [6.07, 6.45) is 3.65. The Balaban J connectivity index is 0.00000196. The Bertz CT molecular complexity index is 272. The Morgan fingerprint density at radius 3 is 2.47 bits per heavy atom. The molecular formula is C12H16MgO2. The van der Waals surface area contributed by atoms with Crippen LogP contribution in [-0.2, 0) is 4.79 Å². The van der Waals surface area contributed by atoms with Gasteiger partial charge in [-0.25, -0.2) is 0 Å². The van der Waals surface area contributed by atoms with Gasteiger partial charge in [0.1, 0.15) is 5.75 Å². The Labute approximate surface area is 107 Å². The summed E-state index contributed by atoms with van der Waals surface area (Å²) < 4.78 is 5.12. The fourth-order valence-electron chi connectivity index (χ4n) is 1.19. The maximum atomic E-state index is 11.3. The molecule has 1 rings (SSSR count). The van der Waals surface area contributed by atoms with Crippen molar-refractivity contribution in [2.45, 2.75) is 32.6 Å². The van der Waals surface area contributed by atoms with Gasteiger partial charge >= 0.3 is 5.97 Å². The van der Waals surface area contributed by atoms with Crippen molar-refractivity contribution >= 4 is 29.0 Å². The lowest BCUT2D eigenvalue weighted by atomic mass is 10.2. The van der Waals surface area contributed by atoms with Crippen LogP contribution in [0.15, 0.2) is 30.3 Å². The molecule has 0 fully saturated rings. The van der Waals surface area contributed by atoms with Gasteiger partial charge in [0.05, 0.1) is 0 Å². The number of carbonyl (C=O) groups excluding carboxylic acids is 1. The molecule has 0 bridgehead atoms. The number of carbonyl (C=O) groups is 1. The summed E-state index contributed by atoms with van der Waals surface area (Å²) in [5.41, 5.74) is 0. The summed E-state index contributed by atoms with van der Waals surface area (Å²) in [5.74, 6) is 0.499. The molecule has 2 nitrogen and oxygen atoms in total. The van der Waals surface area contributed by atoms with E-state index in [-0.39, 0.29) is 29.0 Å². The number of rotatable bonds is 5. The third-order valence-electron chi connectivity index (χ3n) is 1.96. The predicted octanol–water partition coefficient (Wildman–Crippen LogP) is 2.79. The van der Waals surface area contributed by atoms with E-state index in [1.807, 2.05) is 18.2 Å². The van der Waals surface area contributed by atoms with Crippen LogP contribution in [0.2, 0.25) is 0 Å². The number of ether oxygens (including phenoxy) is 1. The monoisotopic (exact) mass is 216 g/mol. The van der Waals surface area contributed by atoms with Gasteiger partial charge < -0.3 is 4.74 Å². The normalized spacial score (nSPS) is 9.13. The fourth-order valence-corrected chi connectivity index (χ4v) is 1.19. The molecule has 1 aromatic carbocycles. The van der Waals surface area contributed by atoms with Gasteiger partial charge in [0, 0.05) is 29.5 Å². The molecule has 0 aliphatic heterocycles. The van der Waals surface area contributed by atoms with Crippen LogP contribution in [0.3, 0.4) is 0 Å². The van der Waals surface area contributed by atoms with Crippen molar-refractivity contribution in [3.8, 4) is 5.75 Å². The SMILES string of the molecule is CCCCCC(=O)Oc1ccccc1.[Mg]. The van der Waals surface area contributed by atoms with Crippen LogP contribution in [0.1, 0.15) is 32.6 Å². The Morgan fingerprint density at radius 1 is 1.20 bits per heavy atom. The van der Waals surface area contributed by atoms with Crippen molar-refractivity contribution in [1.82, 2.24) is 0 Å². The summed E-state index contributed by atoms with van der Waals surface area (Å²) in [7, 11) is 0. The zero-order valence-corrected chi connectivity index (χ0v) is 10.7. The maximum absolute atomic E-state index is 11.3. The lowest BCUT2D eigenvalue weighted by Gasteiger charge is -2.02. The van der Waals surface area contributed by atoms with E-state index in [2.05, 4.69) is 6.92 Å². The van der Waals surface area contributed by atoms with Crippen molar-refractivity contribution in [3.63, 3.8) is 0 Å². The Hall–Kier alpha value is -0.544. The lowest BCUT2D eigenvalue weighted by Crippen LogP contribution is -2.07. The van der Waals surface area contributed by atoms with Gasteiger partial charge in [-0.2, -0.15) is 0 Å². The second-order valence-electron chi connectivity index (χ2n) is 3.24. The predicted molar refractivity (Wildman–Crippen MR) is 62.0 cm³/mol. The van der Waals surface area contributed by atoms with E-state index in [1.165, 1.54) is 0 Å². The smallest absolute Gasteiger partial charge is 0.311 e. The quantitative estimate of drug-likeness (QED) is 0.327. The first-order valence-corrected chi connectivity index (χ1v) is 5.08. The molecule has 0 amide bonds. The molecule has 0 aliphatic carbocycles. The molecule has 0 spiro atoms. The first kappa shape index (κ1) is 14.5. The van der Waals surface area contributed by atoms with Crippen molar-refractivity contribution in [2.24, 2.45) is 0 Å². The fraction of sp³-hybridized carbons (Fsp3) is 0.417. The molecule has 78 valence electrons. The molecule has 0 N–H and O–H groups in total. The molecule has 0 aromatic heterocycles. The molecule has 3 heteroatoms. The molecule has 0 saturated carbocycles. The minimum atomic E-state index is -0.135. The first-order chi connectivity index (χ1) is 6.83. The number of hydrogen-bond donors (Lipinski definition) is 0. The van der Waals surface area contributed by atoms with E-state index in [9.17, 15) is 4.79 Å². The number of esters is 1. The summed E-state index contributed by atoms with van der Waals surface area (Å²) in [6, 6.07) is 9.19. The number of hydrogen-bond acceptors (Lipinski definition) is 2. The highest BCUT2D eigenvalue weighted by molar-refractivity contribution is 5.75. The zero-order valence-electron chi connectivity index (χ0n) is 9.24. The van der Waals surface area contributed by atoms with E-state index < -0.39 is 0 Å². The van der Waals surface area contributed by atoms with Crippen molar-refractivity contribution in [1.29, 1.82) is 0 Å². The van der Waals surface area contributed by atoms with E-state index in [1.54, 1.807) is 12.1 Å². The van der Waals surface area contributed by atoms with Gasteiger partial charge in [-0.3, -0.25) is 4.79 Å². The van der Waals surface area contributed by atoms with Crippen molar-refractivity contribution in [2.75, 3.05) is 0 Å². The number of unbranched alkanes of at least 4 members (excludes halogenated alkanes) is 2. The van der Waals surface area contributed by atoms with Gasteiger partial charge in [0.15, 0.2) is 0 Å². The number of benzene rings is 1. The zero-order chi connectivity index (χ0) is 10.2. The van der Waals surface area contributed by atoms with Crippen molar-refractivity contribution in [3.05, 3.63) is 30.3 Å². The first-order valence-electron chi connectivity index (χ1n) is 5.08. The average molecular weight is 217 g/mol. The van der Waals surface area contributed by atoms with Gasteiger partial charge in [0.2, 0.25) is 0 Å². The van der Waals surface area contributed by atoms with Crippen LogP contribution in [0.25, 0.3) is 0 Å². The largest absolute Gasteiger partial charge is 0.427 e. The number of para-hydroxylation sites is 1. The van der Waals surface area contributed by atoms with Crippen LogP contribution < -0.4 is 4.74 Å². The molecule has 0 atom stereocenters. The highest BCUT2D eigenvalue weighted by atomic mass is 24.3. The molecule has 0 aliphatic rings. The van der Waals surface area contributed by atoms with Crippen LogP contribution in [0, 0.1) is 0 Å². The minimum Gasteiger partial charge on any atom is -0.427 e. The van der Waals surface area contributed by atoms with Gasteiger partial charge in [-0.15, -0.1) is 0 Å². The van der Waals surface area contributed by atoms with E-state index in [0.717, 1.165) is 19.3 Å². The molecular weight excluding hydrogens is 200 g/mol. The highest BCUT2D eigenvalue weighted by Crippen LogP contribution is 2.10. The Kier molecular flexibility index (Phi) is 8.42. The Morgan fingerprint density at radius 2 is 1.87 bits per heavy atom. The minimum absolute atomic E-state index is 0. The third kappa shape index (κ3) is 6.52. The summed E-state index contributed by atoms with van der Waals surface area (Å²) >= 11 is 0. The topological polar surface area (TPSA) is 26.3 Å². The van der Waals surface area contributed by atoms with Crippen LogP contribution in [0.5, 0.6) is 5.75 Å². The summed E-state index contributed by atoms with van der Waals surface area (Å²) in [6.45, 7) is 2.11. The highest BCUT2D eigenvalue weighted by Gasteiger charge is 2.02. The summed E-state index contributed by atoms with van der Waals surface area (Å²) in [4.78, 5) is 11.3. The van der Waals surface area contributed by atoms with Crippen LogP contribution in [-0.4, -0.2) is 29.0 Å².